The summed E-state index contributed by atoms with van der Waals surface area (Å²) >= 11 is 0. The van der Waals surface area contributed by atoms with Crippen molar-refractivity contribution in [1.29, 1.82) is 0 Å². The van der Waals surface area contributed by atoms with Crippen molar-refractivity contribution in [2.75, 3.05) is 6.61 Å². The quantitative estimate of drug-likeness (QED) is 0.748. The maximum Gasteiger partial charge on any atom is 0.374 e. The predicted molar refractivity (Wildman–Crippen MR) is 84.5 cm³/mol. The number of hydrogen-bond donors (Lipinski definition) is 1. The van der Waals surface area contributed by atoms with Gasteiger partial charge in [-0.05, 0) is 25.0 Å². The topological polar surface area (TPSA) is 85.2 Å². The van der Waals surface area contributed by atoms with Crippen LogP contribution in [0.3, 0.4) is 0 Å². The van der Waals surface area contributed by atoms with Gasteiger partial charge in [-0.3, -0.25) is 0 Å². The molecule has 2 aromatic heterocycles. The maximum atomic E-state index is 12.2. The first-order valence-corrected chi connectivity index (χ1v) is 7.25. The van der Waals surface area contributed by atoms with Crippen LogP contribution in [0.5, 0.6) is 0 Å². The molecule has 0 fully saturated rings. The molecule has 0 unspecified atom stereocenters. The summed E-state index contributed by atoms with van der Waals surface area (Å²) in [5.41, 5.74) is 2.85. The maximum absolute atomic E-state index is 12.2. The zero-order chi connectivity index (χ0) is 16.4. The first-order chi connectivity index (χ1) is 11.1. The van der Waals surface area contributed by atoms with E-state index < -0.39 is 11.7 Å². The van der Waals surface area contributed by atoms with Crippen LogP contribution in [0.1, 0.15) is 27.2 Å². The number of para-hydroxylation sites is 1. The predicted octanol–water partition coefficient (Wildman–Crippen LogP) is 2.53. The average molecular weight is 312 g/mol. The minimum Gasteiger partial charge on any atom is -0.459 e. The Labute approximate surface area is 132 Å². The van der Waals surface area contributed by atoms with Gasteiger partial charge in [0.15, 0.2) is 0 Å². The zero-order valence-corrected chi connectivity index (χ0v) is 12.9. The number of ether oxygens (including phenoxy) is 1. The summed E-state index contributed by atoms with van der Waals surface area (Å²) in [6.45, 7) is 3.96. The van der Waals surface area contributed by atoms with Crippen LogP contribution < -0.4 is 5.69 Å². The molecule has 3 aromatic rings. The lowest BCUT2D eigenvalue weighted by atomic mass is 10.1. The first-order valence-electron chi connectivity index (χ1n) is 7.25. The van der Waals surface area contributed by atoms with Crippen molar-refractivity contribution in [3.8, 4) is 0 Å². The lowest BCUT2D eigenvalue weighted by molar-refractivity contribution is 0.0474. The van der Waals surface area contributed by atoms with E-state index in [9.17, 15) is 9.59 Å². The fourth-order valence-electron chi connectivity index (χ4n) is 2.41. The molecule has 6 heteroatoms. The Morgan fingerprint density at radius 2 is 2.17 bits per heavy atom. The van der Waals surface area contributed by atoms with Crippen molar-refractivity contribution in [2.45, 2.75) is 20.3 Å². The molecule has 0 bridgehead atoms. The molecule has 0 aliphatic carbocycles. The van der Waals surface area contributed by atoms with Crippen molar-refractivity contribution in [3.63, 3.8) is 0 Å². The Morgan fingerprint density at radius 3 is 2.87 bits per heavy atom. The number of fused-ring (bicyclic) bond motifs is 1. The molecule has 3 rings (SSSR count). The molecule has 2 heterocycles. The fourth-order valence-corrected chi connectivity index (χ4v) is 2.41. The standard InChI is InChI=1S/C17H16N2O4/c1-10-4-3-5-13-11(2)15(23-14(10)13)16(20)22-7-6-12-8-18-17(21)19-9-12/h3-5,8-9H,6-7H2,1-2H3,(H,18,19,21). The molecule has 118 valence electrons. The number of rotatable bonds is 4. The van der Waals surface area contributed by atoms with Crippen molar-refractivity contribution in [2.24, 2.45) is 0 Å². The van der Waals surface area contributed by atoms with E-state index in [2.05, 4.69) is 9.97 Å². The van der Waals surface area contributed by atoms with E-state index in [0.29, 0.717) is 12.0 Å². The Hall–Kier alpha value is -2.89. The van der Waals surface area contributed by atoms with Gasteiger partial charge in [0, 0.05) is 29.8 Å². The lowest BCUT2D eigenvalue weighted by Gasteiger charge is -2.03. The summed E-state index contributed by atoms with van der Waals surface area (Å²) in [7, 11) is 0. The smallest absolute Gasteiger partial charge is 0.374 e. The molecule has 0 aliphatic heterocycles. The summed E-state index contributed by atoms with van der Waals surface area (Å²) < 4.78 is 10.9. The van der Waals surface area contributed by atoms with E-state index >= 15 is 0 Å². The molecular formula is C17H16N2O4. The van der Waals surface area contributed by atoms with Gasteiger partial charge in [0.05, 0.1) is 6.61 Å². The SMILES string of the molecule is Cc1c(C(=O)OCCc2cnc(=O)[nH]c2)oc2c(C)cccc12. The molecule has 0 saturated carbocycles. The molecule has 0 spiro atoms. The second kappa shape index (κ2) is 6.08. The first kappa shape index (κ1) is 15.0. The molecule has 0 atom stereocenters. The Morgan fingerprint density at radius 1 is 1.35 bits per heavy atom. The van der Waals surface area contributed by atoms with Gasteiger partial charge in [-0.1, -0.05) is 18.2 Å². The normalized spacial score (nSPS) is 10.9. The van der Waals surface area contributed by atoms with E-state index in [1.807, 2.05) is 32.0 Å². The van der Waals surface area contributed by atoms with Gasteiger partial charge in [-0.25, -0.2) is 14.6 Å². The second-order valence-corrected chi connectivity index (χ2v) is 5.32. The monoisotopic (exact) mass is 312 g/mol. The van der Waals surface area contributed by atoms with E-state index in [4.69, 9.17) is 9.15 Å². The molecule has 0 amide bonds. The fraction of sp³-hybridized carbons (Fsp3) is 0.235. The number of furan rings is 1. The van der Waals surface area contributed by atoms with Crippen LogP contribution in [0, 0.1) is 13.8 Å². The molecule has 0 aliphatic rings. The Kier molecular flexibility index (Phi) is 3.97. The molecule has 23 heavy (non-hydrogen) atoms. The number of carbonyl (C=O) groups excluding carboxylic acids is 1. The number of carbonyl (C=O) groups is 1. The van der Waals surface area contributed by atoms with Crippen LogP contribution >= 0.6 is 0 Å². The number of aromatic nitrogens is 2. The highest BCUT2D eigenvalue weighted by atomic mass is 16.5. The molecule has 0 radical (unpaired) electrons. The summed E-state index contributed by atoms with van der Waals surface area (Å²) in [5, 5.41) is 0.918. The van der Waals surface area contributed by atoms with Gasteiger partial charge in [0.25, 0.3) is 0 Å². The highest BCUT2D eigenvalue weighted by Crippen LogP contribution is 2.28. The zero-order valence-electron chi connectivity index (χ0n) is 12.9. The molecule has 6 nitrogen and oxygen atoms in total. The Balaban J connectivity index is 1.71. The van der Waals surface area contributed by atoms with E-state index in [-0.39, 0.29) is 12.4 Å². The highest BCUT2D eigenvalue weighted by Gasteiger charge is 2.19. The minimum absolute atomic E-state index is 0.183. The van der Waals surface area contributed by atoms with Crippen molar-refractivity contribution < 1.29 is 13.9 Å². The third-order valence-electron chi connectivity index (χ3n) is 3.70. The van der Waals surface area contributed by atoms with Crippen molar-refractivity contribution in [1.82, 2.24) is 9.97 Å². The molecular weight excluding hydrogens is 296 g/mol. The van der Waals surface area contributed by atoms with Crippen LogP contribution in [-0.4, -0.2) is 22.5 Å². The van der Waals surface area contributed by atoms with Gasteiger partial charge in [-0.2, -0.15) is 0 Å². The van der Waals surface area contributed by atoms with Crippen molar-refractivity contribution >= 4 is 16.9 Å². The van der Waals surface area contributed by atoms with E-state index in [0.717, 1.165) is 22.1 Å². The lowest BCUT2D eigenvalue weighted by Crippen LogP contribution is -2.12. The highest BCUT2D eigenvalue weighted by molar-refractivity contribution is 5.96. The van der Waals surface area contributed by atoms with Crippen LogP contribution in [-0.2, 0) is 11.2 Å². The summed E-state index contributed by atoms with van der Waals surface area (Å²) in [4.78, 5) is 29.2. The number of nitrogens with one attached hydrogen (secondary N) is 1. The third-order valence-corrected chi connectivity index (χ3v) is 3.70. The number of benzene rings is 1. The molecule has 1 N–H and O–H groups in total. The van der Waals surface area contributed by atoms with Gasteiger partial charge in [-0.15, -0.1) is 0 Å². The third kappa shape index (κ3) is 3.01. The minimum atomic E-state index is -0.490. The van der Waals surface area contributed by atoms with Gasteiger partial charge in [0.2, 0.25) is 5.76 Å². The largest absolute Gasteiger partial charge is 0.459 e. The number of aryl methyl sites for hydroxylation is 2. The number of aromatic amines is 1. The van der Waals surface area contributed by atoms with Crippen LogP contribution in [0.2, 0.25) is 0 Å². The van der Waals surface area contributed by atoms with Crippen molar-refractivity contribution in [3.05, 3.63) is 63.5 Å². The van der Waals surface area contributed by atoms with Crippen LogP contribution in [0.25, 0.3) is 11.0 Å². The number of H-pyrrole nitrogens is 1. The average Bonchev–Trinajstić information content (AvgIpc) is 2.88. The van der Waals surface area contributed by atoms with Gasteiger partial charge in [0.1, 0.15) is 5.58 Å². The summed E-state index contributed by atoms with van der Waals surface area (Å²) in [5.74, 6) is -0.260. The van der Waals surface area contributed by atoms with Gasteiger partial charge >= 0.3 is 11.7 Å². The van der Waals surface area contributed by atoms with E-state index in [1.165, 1.54) is 6.20 Å². The number of esters is 1. The molecule has 0 saturated heterocycles. The van der Waals surface area contributed by atoms with E-state index in [1.54, 1.807) is 6.20 Å². The number of nitrogens with zero attached hydrogens (tertiary/aromatic N) is 1. The summed E-state index contributed by atoms with van der Waals surface area (Å²) in [6.07, 6.45) is 3.48. The van der Waals surface area contributed by atoms with Gasteiger partial charge < -0.3 is 14.1 Å². The van der Waals surface area contributed by atoms with Crippen LogP contribution in [0.4, 0.5) is 0 Å². The summed E-state index contributed by atoms with van der Waals surface area (Å²) in [6, 6.07) is 5.78. The molecule has 1 aromatic carbocycles. The van der Waals surface area contributed by atoms with Crippen LogP contribution in [0.15, 0.2) is 39.8 Å². The Bertz CT molecular complexity index is 903. The number of hydrogen-bond acceptors (Lipinski definition) is 5. The second-order valence-electron chi connectivity index (χ2n) is 5.32.